The van der Waals surface area contributed by atoms with Crippen LogP contribution in [0.15, 0.2) is 60.3 Å². The number of rotatable bonds is 10. The molecule has 0 saturated heterocycles. The van der Waals surface area contributed by atoms with Crippen LogP contribution >= 0.6 is 11.3 Å². The molecule has 0 unspecified atom stereocenters. The van der Waals surface area contributed by atoms with Crippen LogP contribution in [0.4, 0.5) is 5.13 Å². The highest BCUT2D eigenvalue weighted by Gasteiger charge is 2.12. The number of aromatic nitrogens is 1. The van der Waals surface area contributed by atoms with Gasteiger partial charge in [-0.2, -0.15) is 5.26 Å². The zero-order valence-electron chi connectivity index (χ0n) is 18.4. The van der Waals surface area contributed by atoms with Gasteiger partial charge in [-0.1, -0.05) is 61.7 Å². The molecule has 164 valence electrons. The summed E-state index contributed by atoms with van der Waals surface area (Å²) in [5.74, 6) is 0.314. The summed E-state index contributed by atoms with van der Waals surface area (Å²) in [6.07, 6.45) is 7.41. The van der Waals surface area contributed by atoms with Crippen LogP contribution in [-0.2, 0) is 11.2 Å². The van der Waals surface area contributed by atoms with Gasteiger partial charge >= 0.3 is 0 Å². The fourth-order valence-electron chi connectivity index (χ4n) is 3.04. The van der Waals surface area contributed by atoms with E-state index in [-0.39, 0.29) is 5.57 Å². The van der Waals surface area contributed by atoms with Gasteiger partial charge in [-0.15, -0.1) is 11.3 Å². The normalized spacial score (nSPS) is 11.1. The van der Waals surface area contributed by atoms with E-state index in [1.807, 2.05) is 30.3 Å². The van der Waals surface area contributed by atoms with Gasteiger partial charge in [0, 0.05) is 17.5 Å². The van der Waals surface area contributed by atoms with Crippen LogP contribution in [-0.4, -0.2) is 17.5 Å². The molecule has 3 aromatic rings. The molecule has 3 rings (SSSR count). The molecule has 1 heterocycles. The number of nitrogens with one attached hydrogen (secondary N) is 1. The van der Waals surface area contributed by atoms with Crippen LogP contribution in [0, 0.1) is 18.3 Å². The molecule has 0 saturated carbocycles. The van der Waals surface area contributed by atoms with Gasteiger partial charge in [0.1, 0.15) is 17.4 Å². The number of carbonyl (C=O) groups excluding carboxylic acids is 1. The monoisotopic (exact) mass is 445 g/mol. The van der Waals surface area contributed by atoms with Crippen LogP contribution in [0.5, 0.6) is 5.75 Å². The fraction of sp³-hybridized carbons (Fsp3) is 0.269. The van der Waals surface area contributed by atoms with Crippen molar-refractivity contribution < 1.29 is 9.53 Å². The van der Waals surface area contributed by atoms with E-state index in [9.17, 15) is 10.1 Å². The number of hydrogen-bond acceptors (Lipinski definition) is 5. The number of carbonyl (C=O) groups is 1. The largest absolute Gasteiger partial charge is 0.494 e. The van der Waals surface area contributed by atoms with Crippen molar-refractivity contribution in [3.8, 4) is 11.8 Å². The SMILES string of the molecule is CCCCCOc1ccc(C=C(C#N)C(=O)Nc2ncc(Cc3ccc(C)cc3)s2)cc1. The highest BCUT2D eigenvalue weighted by atomic mass is 32.1. The Morgan fingerprint density at radius 1 is 1.16 bits per heavy atom. The first-order chi connectivity index (χ1) is 15.6. The average molecular weight is 446 g/mol. The molecule has 1 aromatic heterocycles. The molecule has 0 spiro atoms. The first-order valence-corrected chi connectivity index (χ1v) is 11.6. The van der Waals surface area contributed by atoms with E-state index < -0.39 is 5.91 Å². The van der Waals surface area contributed by atoms with Crippen LogP contribution in [0.25, 0.3) is 6.08 Å². The van der Waals surface area contributed by atoms with Crippen molar-refractivity contribution in [1.82, 2.24) is 4.98 Å². The second-order valence-electron chi connectivity index (χ2n) is 7.54. The summed E-state index contributed by atoms with van der Waals surface area (Å²) in [5, 5.41) is 12.7. The second-order valence-corrected chi connectivity index (χ2v) is 8.66. The Morgan fingerprint density at radius 2 is 1.91 bits per heavy atom. The molecule has 5 nitrogen and oxygen atoms in total. The number of unbranched alkanes of at least 4 members (excludes halogenated alkanes) is 2. The number of nitrogens with zero attached hydrogens (tertiary/aromatic N) is 2. The minimum Gasteiger partial charge on any atom is -0.494 e. The van der Waals surface area contributed by atoms with Gasteiger partial charge in [0.2, 0.25) is 0 Å². The lowest BCUT2D eigenvalue weighted by atomic mass is 10.1. The Kier molecular flexibility index (Phi) is 8.59. The van der Waals surface area contributed by atoms with Gasteiger partial charge in [0.05, 0.1) is 6.61 Å². The van der Waals surface area contributed by atoms with Crippen LogP contribution in [0.3, 0.4) is 0 Å². The van der Waals surface area contributed by atoms with Crippen molar-refractivity contribution in [2.75, 3.05) is 11.9 Å². The lowest BCUT2D eigenvalue weighted by Crippen LogP contribution is -2.13. The predicted molar refractivity (Wildman–Crippen MR) is 130 cm³/mol. The number of benzene rings is 2. The van der Waals surface area contributed by atoms with Crippen LogP contribution in [0.1, 0.15) is 47.8 Å². The summed E-state index contributed by atoms with van der Waals surface area (Å²) in [7, 11) is 0. The van der Waals surface area contributed by atoms with Crippen molar-refractivity contribution in [2.45, 2.75) is 39.5 Å². The Bertz CT molecular complexity index is 1090. The maximum atomic E-state index is 12.6. The van der Waals surface area contributed by atoms with E-state index in [2.05, 4.69) is 48.4 Å². The topological polar surface area (TPSA) is 75.0 Å². The summed E-state index contributed by atoms with van der Waals surface area (Å²) in [4.78, 5) is 17.9. The molecule has 32 heavy (non-hydrogen) atoms. The molecule has 0 atom stereocenters. The highest BCUT2D eigenvalue weighted by molar-refractivity contribution is 7.15. The molecule has 6 heteroatoms. The molecular formula is C26H27N3O2S. The first-order valence-electron chi connectivity index (χ1n) is 10.7. The summed E-state index contributed by atoms with van der Waals surface area (Å²) in [6.45, 7) is 4.90. The van der Waals surface area contributed by atoms with Crippen LogP contribution < -0.4 is 10.1 Å². The molecule has 0 aliphatic heterocycles. The minimum absolute atomic E-state index is 0.0249. The molecule has 0 aliphatic carbocycles. The lowest BCUT2D eigenvalue weighted by Gasteiger charge is -2.06. The third kappa shape index (κ3) is 7.07. The summed E-state index contributed by atoms with van der Waals surface area (Å²) >= 11 is 1.41. The summed E-state index contributed by atoms with van der Waals surface area (Å²) < 4.78 is 5.70. The molecular weight excluding hydrogens is 418 g/mol. The lowest BCUT2D eigenvalue weighted by molar-refractivity contribution is -0.112. The molecule has 0 fully saturated rings. The van der Waals surface area contributed by atoms with Gasteiger partial charge in [-0.3, -0.25) is 10.1 Å². The van der Waals surface area contributed by atoms with Gasteiger partial charge in [0.15, 0.2) is 5.13 Å². The average Bonchev–Trinajstić information content (AvgIpc) is 3.24. The number of amides is 1. The van der Waals surface area contributed by atoms with Crippen molar-refractivity contribution in [3.05, 3.63) is 81.9 Å². The Morgan fingerprint density at radius 3 is 2.59 bits per heavy atom. The van der Waals surface area contributed by atoms with E-state index in [1.54, 1.807) is 12.3 Å². The van der Waals surface area contributed by atoms with E-state index >= 15 is 0 Å². The first kappa shape index (κ1) is 23.2. The maximum Gasteiger partial charge on any atom is 0.268 e. The Labute approximate surface area is 193 Å². The third-order valence-electron chi connectivity index (χ3n) is 4.85. The smallest absolute Gasteiger partial charge is 0.268 e. The number of aryl methyl sites for hydroxylation is 1. The molecule has 0 bridgehead atoms. The second kappa shape index (κ2) is 11.8. The number of hydrogen-bond donors (Lipinski definition) is 1. The number of thiazole rings is 1. The quantitative estimate of drug-likeness (QED) is 0.230. The van der Waals surface area contributed by atoms with E-state index in [0.717, 1.165) is 41.9 Å². The van der Waals surface area contributed by atoms with Crippen LogP contribution in [0.2, 0.25) is 0 Å². The van der Waals surface area contributed by atoms with Crippen molar-refractivity contribution >= 4 is 28.5 Å². The third-order valence-corrected chi connectivity index (χ3v) is 5.76. The Hall–Kier alpha value is -3.43. The molecule has 2 aromatic carbocycles. The number of anilines is 1. The zero-order chi connectivity index (χ0) is 22.8. The number of nitriles is 1. The van der Waals surface area contributed by atoms with E-state index in [4.69, 9.17) is 4.74 Å². The summed E-state index contributed by atoms with van der Waals surface area (Å²) in [6, 6.07) is 17.7. The predicted octanol–water partition coefficient (Wildman–Crippen LogP) is 6.16. The van der Waals surface area contributed by atoms with Crippen molar-refractivity contribution in [3.63, 3.8) is 0 Å². The Balaban J connectivity index is 1.58. The fourth-order valence-corrected chi connectivity index (χ4v) is 3.88. The maximum absolute atomic E-state index is 12.6. The highest BCUT2D eigenvalue weighted by Crippen LogP contribution is 2.22. The van der Waals surface area contributed by atoms with Gasteiger partial charge in [-0.05, 0) is 42.7 Å². The van der Waals surface area contributed by atoms with Gasteiger partial charge < -0.3 is 4.74 Å². The number of ether oxygens (including phenoxy) is 1. The molecule has 0 aliphatic rings. The minimum atomic E-state index is -0.469. The standard InChI is InChI=1S/C26H27N3O2S/c1-3-4-5-14-31-23-12-10-20(11-13-23)15-22(17-27)25(30)29-26-28-18-24(32-26)16-21-8-6-19(2)7-9-21/h6-13,15,18H,3-5,14,16H2,1-2H3,(H,28,29,30). The molecule has 1 N–H and O–H groups in total. The van der Waals surface area contributed by atoms with Gasteiger partial charge in [-0.25, -0.2) is 4.98 Å². The molecule has 1 amide bonds. The van der Waals surface area contributed by atoms with E-state index in [1.165, 1.54) is 22.5 Å². The molecule has 0 radical (unpaired) electrons. The van der Waals surface area contributed by atoms with E-state index in [0.29, 0.717) is 11.7 Å². The zero-order valence-corrected chi connectivity index (χ0v) is 19.2. The van der Waals surface area contributed by atoms with Gasteiger partial charge in [0.25, 0.3) is 5.91 Å². The summed E-state index contributed by atoms with van der Waals surface area (Å²) in [5.41, 5.74) is 3.19. The van der Waals surface area contributed by atoms with Crippen molar-refractivity contribution in [1.29, 1.82) is 5.26 Å². The van der Waals surface area contributed by atoms with Crippen molar-refractivity contribution in [2.24, 2.45) is 0 Å².